The number of fused-ring (bicyclic) bond motifs is 1. The summed E-state index contributed by atoms with van der Waals surface area (Å²) in [4.78, 5) is 6.59. The third kappa shape index (κ3) is 3.03. The highest BCUT2D eigenvalue weighted by Gasteiger charge is 2.04. The molecular weight excluding hydrogens is 258 g/mol. The minimum Gasteiger partial charge on any atom is -0.370 e. The van der Waals surface area contributed by atoms with Gasteiger partial charge in [-0.25, -0.2) is 0 Å². The second kappa shape index (κ2) is 5.94. The van der Waals surface area contributed by atoms with Gasteiger partial charge in [0.25, 0.3) is 0 Å². The van der Waals surface area contributed by atoms with Gasteiger partial charge in [-0.1, -0.05) is 24.3 Å². The normalized spacial score (nSPS) is 10.8. The van der Waals surface area contributed by atoms with Crippen molar-refractivity contribution in [1.29, 1.82) is 0 Å². The molecule has 0 aliphatic rings. The topological polar surface area (TPSA) is 42.2 Å². The Labute approximate surface area is 125 Å². The van der Waals surface area contributed by atoms with E-state index in [9.17, 15) is 0 Å². The molecule has 0 saturated heterocycles. The van der Waals surface area contributed by atoms with E-state index in [4.69, 9.17) is 5.73 Å². The lowest BCUT2D eigenvalue weighted by molar-refractivity contribution is 0.920. The lowest BCUT2D eigenvalue weighted by atomic mass is 10.1. The van der Waals surface area contributed by atoms with Gasteiger partial charge in [0.2, 0.25) is 0 Å². The molecule has 0 saturated carbocycles. The van der Waals surface area contributed by atoms with Crippen LogP contribution in [0.4, 0.5) is 5.69 Å². The molecule has 0 bridgehead atoms. The van der Waals surface area contributed by atoms with E-state index < -0.39 is 0 Å². The molecule has 0 fully saturated rings. The van der Waals surface area contributed by atoms with E-state index >= 15 is 0 Å². The van der Waals surface area contributed by atoms with Gasteiger partial charge in [-0.3, -0.25) is 4.98 Å². The molecule has 3 aromatic rings. The van der Waals surface area contributed by atoms with Crippen LogP contribution in [0.25, 0.3) is 10.9 Å². The molecule has 0 aliphatic carbocycles. The zero-order valence-electron chi connectivity index (χ0n) is 12.2. The summed E-state index contributed by atoms with van der Waals surface area (Å²) >= 11 is 0. The van der Waals surface area contributed by atoms with Crippen LogP contribution in [-0.4, -0.2) is 12.0 Å². The fourth-order valence-corrected chi connectivity index (χ4v) is 2.51. The van der Waals surface area contributed by atoms with Crippen LogP contribution >= 0.6 is 0 Å². The molecule has 3 nitrogen and oxygen atoms in total. The first-order valence-electron chi connectivity index (χ1n) is 7.10. The number of pyridine rings is 1. The smallest absolute Gasteiger partial charge is 0.0702 e. The molecule has 2 N–H and O–H groups in total. The number of aromatic nitrogens is 1. The van der Waals surface area contributed by atoms with Gasteiger partial charge in [-0.15, -0.1) is 0 Å². The molecule has 0 spiro atoms. The first kappa shape index (κ1) is 13.6. The average Bonchev–Trinajstić information content (AvgIpc) is 2.54. The van der Waals surface area contributed by atoms with E-state index in [1.54, 1.807) is 0 Å². The van der Waals surface area contributed by atoms with Crippen LogP contribution in [-0.2, 0) is 13.1 Å². The van der Waals surface area contributed by atoms with Crippen molar-refractivity contribution in [3.63, 3.8) is 0 Å². The van der Waals surface area contributed by atoms with E-state index in [0.29, 0.717) is 6.54 Å². The van der Waals surface area contributed by atoms with Crippen LogP contribution in [0.3, 0.4) is 0 Å². The van der Waals surface area contributed by atoms with Crippen LogP contribution in [0.1, 0.15) is 11.1 Å². The average molecular weight is 277 g/mol. The monoisotopic (exact) mass is 277 g/mol. The van der Waals surface area contributed by atoms with E-state index in [1.165, 1.54) is 16.6 Å². The molecule has 0 radical (unpaired) electrons. The van der Waals surface area contributed by atoms with Gasteiger partial charge in [0.05, 0.1) is 5.52 Å². The van der Waals surface area contributed by atoms with Crippen molar-refractivity contribution in [3.05, 3.63) is 71.9 Å². The minimum absolute atomic E-state index is 0.573. The number of rotatable bonds is 4. The van der Waals surface area contributed by atoms with Crippen LogP contribution in [0.2, 0.25) is 0 Å². The van der Waals surface area contributed by atoms with E-state index in [-0.39, 0.29) is 0 Å². The maximum atomic E-state index is 5.71. The molecule has 0 aliphatic heterocycles. The number of hydrogen-bond acceptors (Lipinski definition) is 3. The molecule has 0 amide bonds. The van der Waals surface area contributed by atoms with Crippen LogP contribution in [0.15, 0.2) is 60.8 Å². The summed E-state index contributed by atoms with van der Waals surface area (Å²) in [5.74, 6) is 0. The number of nitrogens with two attached hydrogens (primary N) is 1. The highest BCUT2D eigenvalue weighted by atomic mass is 15.1. The maximum absolute atomic E-state index is 5.71. The second-order valence-corrected chi connectivity index (χ2v) is 5.26. The molecular formula is C18H19N3. The van der Waals surface area contributed by atoms with Gasteiger partial charge in [-0.2, -0.15) is 0 Å². The van der Waals surface area contributed by atoms with E-state index in [0.717, 1.165) is 17.6 Å². The van der Waals surface area contributed by atoms with E-state index in [2.05, 4.69) is 65.5 Å². The molecule has 3 rings (SSSR count). The molecule has 0 atom stereocenters. The predicted molar refractivity (Wildman–Crippen MR) is 88.2 cm³/mol. The number of anilines is 1. The summed E-state index contributed by atoms with van der Waals surface area (Å²) in [7, 11) is 2.10. The Hall–Kier alpha value is -2.39. The Kier molecular flexibility index (Phi) is 3.84. The second-order valence-electron chi connectivity index (χ2n) is 5.26. The summed E-state index contributed by atoms with van der Waals surface area (Å²) in [5, 5.41) is 1.18. The zero-order chi connectivity index (χ0) is 14.7. The number of hydrogen-bond donors (Lipinski definition) is 1. The Balaban J connectivity index is 1.83. The third-order valence-corrected chi connectivity index (χ3v) is 3.67. The Morgan fingerprint density at radius 2 is 1.90 bits per heavy atom. The van der Waals surface area contributed by atoms with Gasteiger partial charge in [0, 0.05) is 37.4 Å². The maximum Gasteiger partial charge on any atom is 0.0702 e. The third-order valence-electron chi connectivity index (χ3n) is 3.67. The fourth-order valence-electron chi connectivity index (χ4n) is 2.51. The summed E-state index contributed by atoms with van der Waals surface area (Å²) in [6.07, 6.45) is 1.83. The predicted octanol–water partition coefficient (Wildman–Crippen LogP) is 3.33. The molecule has 3 heteroatoms. The largest absolute Gasteiger partial charge is 0.370 e. The minimum atomic E-state index is 0.573. The summed E-state index contributed by atoms with van der Waals surface area (Å²) in [6.45, 7) is 1.43. The highest BCUT2D eigenvalue weighted by molar-refractivity contribution is 5.79. The molecule has 106 valence electrons. The van der Waals surface area contributed by atoms with Gasteiger partial charge in [0.1, 0.15) is 0 Å². The standard InChI is InChI=1S/C18H19N3/c1-21(17-6-2-4-14(11-17)12-19)13-15-7-8-18-16(10-15)5-3-9-20-18/h2-11H,12-13,19H2,1H3. The quantitative estimate of drug-likeness (QED) is 0.795. The SMILES string of the molecule is CN(Cc1ccc2ncccc2c1)c1cccc(CN)c1. The number of benzene rings is 2. The van der Waals surface area contributed by atoms with E-state index in [1.807, 2.05) is 12.3 Å². The lowest BCUT2D eigenvalue weighted by Gasteiger charge is -2.20. The Morgan fingerprint density at radius 3 is 2.76 bits per heavy atom. The van der Waals surface area contributed by atoms with Gasteiger partial charge >= 0.3 is 0 Å². The molecule has 21 heavy (non-hydrogen) atoms. The van der Waals surface area contributed by atoms with Crippen LogP contribution < -0.4 is 10.6 Å². The lowest BCUT2D eigenvalue weighted by Crippen LogP contribution is -2.16. The van der Waals surface area contributed by atoms with Crippen molar-refractivity contribution < 1.29 is 0 Å². The summed E-state index contributed by atoms with van der Waals surface area (Å²) < 4.78 is 0. The van der Waals surface area contributed by atoms with Crippen molar-refractivity contribution in [1.82, 2.24) is 4.98 Å². The highest BCUT2D eigenvalue weighted by Crippen LogP contribution is 2.19. The van der Waals surface area contributed by atoms with Crippen molar-refractivity contribution in [2.24, 2.45) is 5.73 Å². The van der Waals surface area contributed by atoms with Crippen LogP contribution in [0, 0.1) is 0 Å². The van der Waals surface area contributed by atoms with Crippen LogP contribution in [0.5, 0.6) is 0 Å². The molecule has 2 aromatic carbocycles. The van der Waals surface area contributed by atoms with Gasteiger partial charge in [-0.05, 0) is 41.5 Å². The van der Waals surface area contributed by atoms with Crippen molar-refractivity contribution in [3.8, 4) is 0 Å². The molecule has 0 unspecified atom stereocenters. The first-order chi connectivity index (χ1) is 10.3. The molecule has 1 heterocycles. The first-order valence-corrected chi connectivity index (χ1v) is 7.10. The molecule has 1 aromatic heterocycles. The van der Waals surface area contributed by atoms with Crippen molar-refractivity contribution >= 4 is 16.6 Å². The van der Waals surface area contributed by atoms with Gasteiger partial charge < -0.3 is 10.6 Å². The summed E-state index contributed by atoms with van der Waals surface area (Å²) in [6, 6.07) is 18.8. The fraction of sp³-hybridized carbons (Fsp3) is 0.167. The summed E-state index contributed by atoms with van der Waals surface area (Å²) in [5.41, 5.74) is 10.4. The zero-order valence-corrected chi connectivity index (χ0v) is 12.2. The van der Waals surface area contributed by atoms with Gasteiger partial charge in [0.15, 0.2) is 0 Å². The van der Waals surface area contributed by atoms with Crippen molar-refractivity contribution in [2.45, 2.75) is 13.1 Å². The number of nitrogens with zero attached hydrogens (tertiary/aromatic N) is 2. The Morgan fingerprint density at radius 1 is 1.00 bits per heavy atom. The van der Waals surface area contributed by atoms with Crippen molar-refractivity contribution in [2.75, 3.05) is 11.9 Å². The Bertz CT molecular complexity index is 752.